The van der Waals surface area contributed by atoms with Gasteiger partial charge in [-0.05, 0) is 13.8 Å². The minimum atomic E-state index is -0.252. The lowest BCUT2D eigenvalue weighted by molar-refractivity contribution is -0.143. The maximum absolute atomic E-state index is 11.7. The van der Waals surface area contributed by atoms with Crippen molar-refractivity contribution in [3.05, 3.63) is 12.7 Å². The van der Waals surface area contributed by atoms with E-state index < -0.39 is 0 Å². The zero-order chi connectivity index (χ0) is 13.1. The van der Waals surface area contributed by atoms with Crippen LogP contribution in [0.1, 0.15) is 20.3 Å². The van der Waals surface area contributed by atoms with Gasteiger partial charge in [-0.1, -0.05) is 6.08 Å². The molecule has 0 aliphatic rings. The first-order valence-corrected chi connectivity index (χ1v) is 6.93. The van der Waals surface area contributed by atoms with Crippen molar-refractivity contribution in [2.24, 2.45) is 0 Å². The van der Waals surface area contributed by atoms with E-state index in [0.29, 0.717) is 25.4 Å². The second-order valence-electron chi connectivity index (χ2n) is 3.33. The molecule has 98 valence electrons. The number of hydrogen-bond donors (Lipinski definition) is 0. The van der Waals surface area contributed by atoms with Crippen LogP contribution in [0.15, 0.2) is 12.7 Å². The summed E-state index contributed by atoms with van der Waals surface area (Å²) in [7, 11) is 0. The highest BCUT2D eigenvalue weighted by Crippen LogP contribution is 2.04. The van der Waals surface area contributed by atoms with Gasteiger partial charge >= 0.3 is 5.97 Å². The van der Waals surface area contributed by atoms with Gasteiger partial charge in [0, 0.05) is 18.8 Å². The molecule has 0 N–H and O–H groups in total. The third-order valence-corrected chi connectivity index (χ3v) is 3.01. The number of nitrogens with zero attached hydrogens (tertiary/aromatic N) is 1. The van der Waals surface area contributed by atoms with Crippen LogP contribution in [0.5, 0.6) is 0 Å². The lowest BCUT2D eigenvalue weighted by atomic mass is 10.3. The fourth-order valence-corrected chi connectivity index (χ4v) is 1.88. The molecule has 0 bridgehead atoms. The first kappa shape index (κ1) is 16.0. The van der Waals surface area contributed by atoms with Crippen molar-refractivity contribution in [2.75, 3.05) is 31.2 Å². The second kappa shape index (κ2) is 10.2. The van der Waals surface area contributed by atoms with Crippen molar-refractivity contribution in [1.82, 2.24) is 4.90 Å². The molecule has 4 nitrogen and oxygen atoms in total. The van der Waals surface area contributed by atoms with Crippen molar-refractivity contribution >= 4 is 23.6 Å². The molecule has 0 fully saturated rings. The van der Waals surface area contributed by atoms with E-state index in [-0.39, 0.29) is 18.3 Å². The van der Waals surface area contributed by atoms with Crippen LogP contribution in [-0.2, 0) is 14.3 Å². The van der Waals surface area contributed by atoms with E-state index >= 15 is 0 Å². The second-order valence-corrected chi connectivity index (χ2v) is 4.36. The van der Waals surface area contributed by atoms with E-state index in [2.05, 4.69) is 6.58 Å². The van der Waals surface area contributed by atoms with E-state index in [1.165, 1.54) is 11.8 Å². The molecular formula is C12H21NO3S. The Morgan fingerprint density at radius 3 is 2.65 bits per heavy atom. The molecule has 0 unspecified atom stereocenters. The fraction of sp³-hybridized carbons (Fsp3) is 0.667. The van der Waals surface area contributed by atoms with Gasteiger partial charge in [0.05, 0.1) is 18.8 Å². The predicted octanol–water partition coefficient (Wildman–Crippen LogP) is 1.71. The maximum atomic E-state index is 11.7. The van der Waals surface area contributed by atoms with Crippen molar-refractivity contribution < 1.29 is 14.3 Å². The van der Waals surface area contributed by atoms with Crippen LogP contribution in [0.25, 0.3) is 0 Å². The molecule has 5 heteroatoms. The Labute approximate surface area is 107 Å². The maximum Gasteiger partial charge on any atom is 0.307 e. The molecule has 0 heterocycles. The molecule has 17 heavy (non-hydrogen) atoms. The van der Waals surface area contributed by atoms with Crippen LogP contribution in [0, 0.1) is 0 Å². The highest BCUT2D eigenvalue weighted by atomic mass is 32.2. The van der Waals surface area contributed by atoms with Crippen molar-refractivity contribution in [1.29, 1.82) is 0 Å². The van der Waals surface area contributed by atoms with Gasteiger partial charge in [0.1, 0.15) is 0 Å². The number of carbonyl (C=O) groups is 2. The summed E-state index contributed by atoms with van der Waals surface area (Å²) in [6, 6.07) is 0. The lowest BCUT2D eigenvalue weighted by Crippen LogP contribution is -2.34. The van der Waals surface area contributed by atoms with Gasteiger partial charge in [0.2, 0.25) is 5.91 Å². The summed E-state index contributed by atoms with van der Waals surface area (Å²) in [6.45, 7) is 8.70. The minimum absolute atomic E-state index is 0.0589. The standard InChI is InChI=1S/C12H21NO3S/c1-4-9-17-10-11(14)13(5-2)8-7-12(15)16-6-3/h4H,1,5-10H2,2-3H3. The number of thioether (sulfide) groups is 1. The molecular weight excluding hydrogens is 238 g/mol. The number of ether oxygens (including phenoxy) is 1. The minimum Gasteiger partial charge on any atom is -0.466 e. The van der Waals surface area contributed by atoms with Gasteiger partial charge in [-0.15, -0.1) is 18.3 Å². The van der Waals surface area contributed by atoms with Gasteiger partial charge in [0.15, 0.2) is 0 Å². The Morgan fingerprint density at radius 2 is 2.12 bits per heavy atom. The Balaban J connectivity index is 3.92. The Bertz CT molecular complexity index is 256. The molecule has 1 amide bonds. The van der Waals surface area contributed by atoms with Crippen molar-refractivity contribution in [3.63, 3.8) is 0 Å². The largest absolute Gasteiger partial charge is 0.466 e. The van der Waals surface area contributed by atoms with Gasteiger partial charge in [-0.3, -0.25) is 9.59 Å². The average Bonchev–Trinajstić information content (AvgIpc) is 2.30. The normalized spacial score (nSPS) is 9.76. The van der Waals surface area contributed by atoms with Crippen LogP contribution in [-0.4, -0.2) is 48.0 Å². The van der Waals surface area contributed by atoms with E-state index in [4.69, 9.17) is 4.74 Å². The van der Waals surface area contributed by atoms with Gasteiger partial charge in [-0.25, -0.2) is 0 Å². The summed E-state index contributed by atoms with van der Waals surface area (Å²) in [5.74, 6) is 1.00. The molecule has 0 saturated heterocycles. The molecule has 0 spiro atoms. The molecule has 0 aliphatic heterocycles. The number of rotatable bonds is 9. The van der Waals surface area contributed by atoms with Gasteiger partial charge in [-0.2, -0.15) is 0 Å². The van der Waals surface area contributed by atoms with Crippen LogP contribution in [0.4, 0.5) is 0 Å². The zero-order valence-corrected chi connectivity index (χ0v) is 11.4. The Kier molecular flexibility index (Phi) is 9.62. The molecule has 0 aromatic rings. The number of esters is 1. The smallest absolute Gasteiger partial charge is 0.307 e. The zero-order valence-electron chi connectivity index (χ0n) is 10.6. The third kappa shape index (κ3) is 7.85. The van der Waals surface area contributed by atoms with Crippen molar-refractivity contribution in [3.8, 4) is 0 Å². The highest BCUT2D eigenvalue weighted by molar-refractivity contribution is 8.00. The van der Waals surface area contributed by atoms with Crippen LogP contribution < -0.4 is 0 Å². The van der Waals surface area contributed by atoms with Crippen LogP contribution >= 0.6 is 11.8 Å². The number of carbonyl (C=O) groups excluding carboxylic acids is 2. The first-order chi connectivity index (χ1) is 8.15. The number of hydrogen-bond acceptors (Lipinski definition) is 4. The first-order valence-electron chi connectivity index (χ1n) is 5.77. The molecule has 0 saturated carbocycles. The SMILES string of the molecule is C=CCSCC(=O)N(CC)CCC(=O)OCC. The summed E-state index contributed by atoms with van der Waals surface area (Å²) < 4.78 is 4.82. The Morgan fingerprint density at radius 1 is 1.41 bits per heavy atom. The lowest BCUT2D eigenvalue weighted by Gasteiger charge is -2.20. The van der Waals surface area contributed by atoms with Crippen LogP contribution in [0.2, 0.25) is 0 Å². The molecule has 0 rings (SSSR count). The summed E-state index contributed by atoms with van der Waals surface area (Å²) in [6.07, 6.45) is 2.03. The summed E-state index contributed by atoms with van der Waals surface area (Å²) in [5.41, 5.74) is 0. The van der Waals surface area contributed by atoms with Crippen LogP contribution in [0.3, 0.4) is 0 Å². The summed E-state index contributed by atoms with van der Waals surface area (Å²) in [5, 5.41) is 0. The number of amides is 1. The fourth-order valence-electron chi connectivity index (χ4n) is 1.24. The monoisotopic (exact) mass is 259 g/mol. The van der Waals surface area contributed by atoms with E-state index in [1.807, 2.05) is 6.92 Å². The predicted molar refractivity (Wildman–Crippen MR) is 71.0 cm³/mol. The highest BCUT2D eigenvalue weighted by Gasteiger charge is 2.13. The molecule has 0 radical (unpaired) electrons. The van der Waals surface area contributed by atoms with E-state index in [0.717, 1.165) is 5.75 Å². The molecule has 0 atom stereocenters. The molecule has 0 aromatic carbocycles. The van der Waals surface area contributed by atoms with E-state index in [9.17, 15) is 9.59 Å². The van der Waals surface area contributed by atoms with E-state index in [1.54, 1.807) is 17.9 Å². The third-order valence-electron chi connectivity index (χ3n) is 2.09. The average molecular weight is 259 g/mol. The molecule has 0 aromatic heterocycles. The summed E-state index contributed by atoms with van der Waals surface area (Å²) in [4.78, 5) is 24.6. The Hall–Kier alpha value is -0.970. The van der Waals surface area contributed by atoms with Gasteiger partial charge in [0.25, 0.3) is 0 Å². The van der Waals surface area contributed by atoms with Gasteiger partial charge < -0.3 is 9.64 Å². The van der Waals surface area contributed by atoms with Crippen molar-refractivity contribution in [2.45, 2.75) is 20.3 Å². The quantitative estimate of drug-likeness (QED) is 0.359. The summed E-state index contributed by atoms with van der Waals surface area (Å²) >= 11 is 1.52. The topological polar surface area (TPSA) is 46.6 Å². The molecule has 0 aliphatic carbocycles.